The van der Waals surface area contributed by atoms with Crippen molar-refractivity contribution in [2.75, 3.05) is 13.2 Å². The lowest BCUT2D eigenvalue weighted by molar-refractivity contribution is -0.145. The predicted octanol–water partition coefficient (Wildman–Crippen LogP) is -2.25. The van der Waals surface area contributed by atoms with Gasteiger partial charge in [-0.3, -0.25) is 33.6 Å². The standard InChI is InChI=1S/C29H48N6O12/c1-5-15(4)23(30)27(44)31-16(8-9-21(37)38)28(45)35-10-6-7-20(35)26(43)32-17(12-22(39)40)24(41)34-19(13-36)25(42)33-18(29(46)47)11-14(2)3/h14-20,23,36H,5-13,30H2,1-4H3,(H,31,44)(H,32,43)(H,33,42)(H,34,41)(H,37,38)(H,39,40)(H,46,47)/t15-,16-,17-,18-,19-,20-,23-/m0/s1. The number of carboxylic acid groups (broad SMARTS) is 3. The van der Waals surface area contributed by atoms with Crippen LogP contribution in [0.4, 0.5) is 0 Å². The number of amides is 5. The van der Waals surface area contributed by atoms with Gasteiger partial charge in [0.25, 0.3) is 0 Å². The van der Waals surface area contributed by atoms with Gasteiger partial charge >= 0.3 is 17.9 Å². The first-order valence-electron chi connectivity index (χ1n) is 15.5. The molecule has 0 spiro atoms. The van der Waals surface area contributed by atoms with Crippen molar-refractivity contribution in [3.8, 4) is 0 Å². The highest BCUT2D eigenvalue weighted by molar-refractivity contribution is 5.97. The summed E-state index contributed by atoms with van der Waals surface area (Å²) in [6.07, 6.45) is -0.705. The quantitative estimate of drug-likeness (QED) is 0.0661. The van der Waals surface area contributed by atoms with Crippen LogP contribution >= 0.6 is 0 Å². The number of carbonyl (C=O) groups excluding carboxylic acids is 5. The SMILES string of the molecule is CC[C@H](C)[C@H](N)C(=O)N[C@@H](CCC(=O)O)C(=O)N1CCC[C@H]1C(=O)N[C@@H](CC(=O)O)C(=O)N[C@@H](CO)C(=O)N[C@@H](CC(C)C)C(=O)O. The molecule has 1 heterocycles. The fourth-order valence-electron chi connectivity index (χ4n) is 4.89. The first-order chi connectivity index (χ1) is 21.9. The summed E-state index contributed by atoms with van der Waals surface area (Å²) in [6, 6.07) is -8.33. The normalized spacial score (nSPS) is 18.2. The molecule has 0 aliphatic carbocycles. The molecule has 1 rings (SSSR count). The lowest BCUT2D eigenvalue weighted by atomic mass is 9.98. The van der Waals surface area contributed by atoms with E-state index < -0.39 is 103 Å². The number of hydrogen-bond donors (Lipinski definition) is 9. The van der Waals surface area contributed by atoms with Crippen molar-refractivity contribution in [3.05, 3.63) is 0 Å². The zero-order chi connectivity index (χ0) is 36.0. The van der Waals surface area contributed by atoms with Gasteiger partial charge in [-0.1, -0.05) is 34.1 Å². The van der Waals surface area contributed by atoms with Gasteiger partial charge in [-0.2, -0.15) is 0 Å². The Labute approximate surface area is 272 Å². The number of likely N-dealkylation sites (tertiary alicyclic amines) is 1. The van der Waals surface area contributed by atoms with Crippen LogP contribution in [0.25, 0.3) is 0 Å². The third-order valence-electron chi connectivity index (χ3n) is 7.81. The molecule has 0 bridgehead atoms. The Bertz CT molecular complexity index is 1160. The molecule has 0 aromatic rings. The average molecular weight is 673 g/mol. The molecule has 18 heteroatoms. The van der Waals surface area contributed by atoms with Gasteiger partial charge in [0.2, 0.25) is 29.5 Å². The van der Waals surface area contributed by atoms with Crippen molar-refractivity contribution < 1.29 is 58.8 Å². The number of nitrogens with one attached hydrogen (secondary N) is 4. The van der Waals surface area contributed by atoms with Crippen molar-refractivity contribution in [3.63, 3.8) is 0 Å². The molecule has 47 heavy (non-hydrogen) atoms. The van der Waals surface area contributed by atoms with E-state index in [4.69, 9.17) is 5.73 Å². The molecule has 10 N–H and O–H groups in total. The minimum absolute atomic E-state index is 0.0391. The predicted molar refractivity (Wildman–Crippen MR) is 163 cm³/mol. The summed E-state index contributed by atoms with van der Waals surface area (Å²) in [7, 11) is 0. The van der Waals surface area contributed by atoms with Crippen molar-refractivity contribution in [1.29, 1.82) is 0 Å². The first kappa shape index (κ1) is 40.7. The van der Waals surface area contributed by atoms with E-state index in [1.165, 1.54) is 0 Å². The Kier molecular flexibility index (Phi) is 16.8. The van der Waals surface area contributed by atoms with Crippen molar-refractivity contribution >= 4 is 47.4 Å². The van der Waals surface area contributed by atoms with E-state index in [2.05, 4.69) is 21.3 Å². The van der Waals surface area contributed by atoms with E-state index in [0.717, 1.165) is 4.90 Å². The van der Waals surface area contributed by atoms with Crippen LogP contribution in [0.2, 0.25) is 0 Å². The van der Waals surface area contributed by atoms with Crippen molar-refractivity contribution in [1.82, 2.24) is 26.2 Å². The van der Waals surface area contributed by atoms with Gasteiger partial charge in [-0.15, -0.1) is 0 Å². The Morgan fingerprint density at radius 2 is 1.38 bits per heavy atom. The summed E-state index contributed by atoms with van der Waals surface area (Å²) in [5.74, 6) is -9.04. The Morgan fingerprint density at radius 3 is 1.89 bits per heavy atom. The number of carbonyl (C=O) groups is 8. The highest BCUT2D eigenvalue weighted by Gasteiger charge is 2.40. The fraction of sp³-hybridized carbons (Fsp3) is 0.724. The van der Waals surface area contributed by atoms with E-state index >= 15 is 0 Å². The lowest BCUT2D eigenvalue weighted by Gasteiger charge is -2.30. The molecule has 5 amide bonds. The van der Waals surface area contributed by atoms with Crippen LogP contribution in [0, 0.1) is 11.8 Å². The largest absolute Gasteiger partial charge is 0.481 e. The monoisotopic (exact) mass is 672 g/mol. The van der Waals surface area contributed by atoms with Crippen molar-refractivity contribution in [2.45, 2.75) is 109 Å². The Balaban J connectivity index is 3.13. The molecule has 0 aromatic carbocycles. The molecule has 0 saturated carbocycles. The minimum Gasteiger partial charge on any atom is -0.481 e. The smallest absolute Gasteiger partial charge is 0.326 e. The average Bonchev–Trinajstić information content (AvgIpc) is 3.49. The molecular weight excluding hydrogens is 624 g/mol. The second-order valence-corrected chi connectivity index (χ2v) is 12.0. The second kappa shape index (κ2) is 19.4. The fourth-order valence-corrected chi connectivity index (χ4v) is 4.89. The number of carboxylic acids is 3. The number of aliphatic hydroxyl groups is 1. The number of rotatable bonds is 20. The third-order valence-corrected chi connectivity index (χ3v) is 7.81. The summed E-state index contributed by atoms with van der Waals surface area (Å²) < 4.78 is 0. The molecule has 0 unspecified atom stereocenters. The Morgan fingerprint density at radius 1 is 0.809 bits per heavy atom. The summed E-state index contributed by atoms with van der Waals surface area (Å²) in [5.41, 5.74) is 5.98. The molecule has 1 aliphatic heterocycles. The van der Waals surface area contributed by atoms with E-state index in [1.807, 2.05) is 6.92 Å². The molecule has 1 aliphatic rings. The van der Waals surface area contributed by atoms with Crippen molar-refractivity contribution in [2.24, 2.45) is 17.6 Å². The van der Waals surface area contributed by atoms with Crippen LogP contribution in [0.1, 0.15) is 72.6 Å². The molecule has 1 saturated heterocycles. The number of nitrogens with two attached hydrogens (primary N) is 1. The summed E-state index contributed by atoms with van der Waals surface area (Å²) >= 11 is 0. The van der Waals surface area contributed by atoms with E-state index in [9.17, 15) is 58.8 Å². The highest BCUT2D eigenvalue weighted by Crippen LogP contribution is 2.20. The number of hydrogen-bond acceptors (Lipinski definition) is 10. The lowest BCUT2D eigenvalue weighted by Crippen LogP contribution is -2.60. The van der Waals surface area contributed by atoms with Gasteiger partial charge in [0.15, 0.2) is 0 Å². The molecule has 266 valence electrons. The zero-order valence-electron chi connectivity index (χ0n) is 27.1. The number of aliphatic carboxylic acids is 3. The van der Waals surface area contributed by atoms with Crippen LogP contribution in [-0.2, 0) is 38.4 Å². The van der Waals surface area contributed by atoms with E-state index in [-0.39, 0.29) is 37.6 Å². The molecule has 7 atom stereocenters. The molecule has 0 aromatic heterocycles. The summed E-state index contributed by atoms with van der Waals surface area (Å²) in [6.45, 7) is 6.06. The van der Waals surface area contributed by atoms with Crippen LogP contribution in [0.3, 0.4) is 0 Å². The Hall–Kier alpha value is -4.32. The molecule has 1 fully saturated rings. The van der Waals surface area contributed by atoms with Crippen LogP contribution in [0.5, 0.6) is 0 Å². The molecule has 18 nitrogen and oxygen atoms in total. The summed E-state index contributed by atoms with van der Waals surface area (Å²) in [4.78, 5) is 101. The van der Waals surface area contributed by atoms with Crippen LogP contribution < -0.4 is 27.0 Å². The molecular formula is C29H48N6O12. The number of nitrogens with zero attached hydrogens (tertiary/aromatic N) is 1. The minimum atomic E-state index is -1.78. The second-order valence-electron chi connectivity index (χ2n) is 12.0. The van der Waals surface area contributed by atoms with E-state index in [1.54, 1.807) is 20.8 Å². The molecule has 0 radical (unpaired) electrons. The highest BCUT2D eigenvalue weighted by atomic mass is 16.4. The van der Waals surface area contributed by atoms with Gasteiger partial charge in [-0.25, -0.2) is 4.79 Å². The van der Waals surface area contributed by atoms with Gasteiger partial charge in [0.05, 0.1) is 19.1 Å². The third kappa shape index (κ3) is 13.1. The zero-order valence-corrected chi connectivity index (χ0v) is 27.1. The van der Waals surface area contributed by atoms with Crippen LogP contribution in [0.15, 0.2) is 0 Å². The van der Waals surface area contributed by atoms with E-state index in [0.29, 0.717) is 12.8 Å². The van der Waals surface area contributed by atoms with Gasteiger partial charge < -0.3 is 52.3 Å². The van der Waals surface area contributed by atoms with Gasteiger partial charge in [-0.05, 0) is 37.5 Å². The number of aliphatic hydroxyl groups excluding tert-OH is 1. The first-order valence-corrected chi connectivity index (χ1v) is 15.5. The summed E-state index contributed by atoms with van der Waals surface area (Å²) in [5, 5.41) is 46.8. The maximum Gasteiger partial charge on any atom is 0.326 e. The maximum absolute atomic E-state index is 13.5. The topological polar surface area (TPSA) is 295 Å². The van der Waals surface area contributed by atoms with Gasteiger partial charge in [0.1, 0.15) is 30.2 Å². The van der Waals surface area contributed by atoms with Crippen LogP contribution in [-0.4, -0.2) is 122 Å². The van der Waals surface area contributed by atoms with Gasteiger partial charge in [0, 0.05) is 13.0 Å². The maximum atomic E-state index is 13.5.